The second kappa shape index (κ2) is 6.43. The van der Waals surface area contributed by atoms with Crippen molar-refractivity contribution in [2.75, 3.05) is 0 Å². The first-order chi connectivity index (χ1) is 9.20. The van der Waals surface area contributed by atoms with E-state index in [0.29, 0.717) is 0 Å². The molecule has 19 heavy (non-hydrogen) atoms. The van der Waals surface area contributed by atoms with Crippen LogP contribution in [0.25, 0.3) is 0 Å². The predicted molar refractivity (Wildman–Crippen MR) is 75.2 cm³/mol. The molecule has 2 atom stereocenters. The number of halogens is 1. The number of nitrogens with one attached hydrogen (secondary N) is 1. The summed E-state index contributed by atoms with van der Waals surface area (Å²) in [6, 6.07) is 13.0. The molecule has 0 bridgehead atoms. The lowest BCUT2D eigenvalue weighted by Gasteiger charge is -2.22. The van der Waals surface area contributed by atoms with Crippen LogP contribution in [0.3, 0.4) is 0 Å². The highest BCUT2D eigenvalue weighted by Crippen LogP contribution is 2.21. The van der Waals surface area contributed by atoms with E-state index in [1.165, 1.54) is 12.1 Å². The standard InChI is InChI=1S/C16H19FN2/c1-3-15(13-7-9-14(17)10-8-13)19-12(2)16-6-4-5-11-18-16/h4-12,15,19H,3H2,1-2H3/t12-,15?/m1/s1. The minimum Gasteiger partial charge on any atom is -0.302 e. The molecule has 0 saturated heterocycles. The van der Waals surface area contributed by atoms with Crippen molar-refractivity contribution >= 4 is 0 Å². The number of rotatable bonds is 5. The zero-order valence-electron chi connectivity index (χ0n) is 11.3. The lowest BCUT2D eigenvalue weighted by molar-refractivity contribution is 0.449. The normalized spacial score (nSPS) is 14.1. The van der Waals surface area contributed by atoms with E-state index in [-0.39, 0.29) is 17.9 Å². The molecule has 2 rings (SSSR count). The number of hydrogen-bond acceptors (Lipinski definition) is 2. The predicted octanol–water partition coefficient (Wildman–Crippen LogP) is 4.02. The first-order valence-electron chi connectivity index (χ1n) is 6.63. The number of pyridine rings is 1. The zero-order chi connectivity index (χ0) is 13.7. The second-order valence-electron chi connectivity index (χ2n) is 4.66. The summed E-state index contributed by atoms with van der Waals surface area (Å²) in [5.41, 5.74) is 2.12. The van der Waals surface area contributed by atoms with Crippen LogP contribution in [-0.2, 0) is 0 Å². The van der Waals surface area contributed by atoms with Crippen LogP contribution < -0.4 is 5.32 Å². The Balaban J connectivity index is 2.09. The third-order valence-electron chi connectivity index (χ3n) is 3.26. The Hall–Kier alpha value is -1.74. The van der Waals surface area contributed by atoms with E-state index in [0.717, 1.165) is 17.7 Å². The zero-order valence-corrected chi connectivity index (χ0v) is 11.3. The summed E-state index contributed by atoms with van der Waals surface area (Å²) >= 11 is 0. The van der Waals surface area contributed by atoms with Gasteiger partial charge in [-0.1, -0.05) is 25.1 Å². The van der Waals surface area contributed by atoms with Crippen molar-refractivity contribution in [1.82, 2.24) is 10.3 Å². The molecule has 2 aromatic rings. The Labute approximate surface area is 113 Å². The molecule has 0 spiro atoms. The van der Waals surface area contributed by atoms with Crippen molar-refractivity contribution in [3.8, 4) is 0 Å². The highest BCUT2D eigenvalue weighted by atomic mass is 19.1. The van der Waals surface area contributed by atoms with E-state index in [9.17, 15) is 4.39 Å². The van der Waals surface area contributed by atoms with Crippen molar-refractivity contribution < 1.29 is 4.39 Å². The van der Waals surface area contributed by atoms with Gasteiger partial charge < -0.3 is 5.32 Å². The molecule has 2 nitrogen and oxygen atoms in total. The highest BCUT2D eigenvalue weighted by molar-refractivity contribution is 5.20. The van der Waals surface area contributed by atoms with Crippen LogP contribution in [0.1, 0.15) is 43.6 Å². The molecule has 1 unspecified atom stereocenters. The van der Waals surface area contributed by atoms with Crippen molar-refractivity contribution in [1.29, 1.82) is 0 Å². The van der Waals surface area contributed by atoms with Gasteiger partial charge in [0.05, 0.1) is 5.69 Å². The Morgan fingerprint density at radius 3 is 2.47 bits per heavy atom. The SMILES string of the molecule is CCC(N[C@H](C)c1ccccn1)c1ccc(F)cc1. The largest absolute Gasteiger partial charge is 0.302 e. The molecular formula is C16H19FN2. The molecular weight excluding hydrogens is 239 g/mol. The third kappa shape index (κ3) is 3.61. The lowest BCUT2D eigenvalue weighted by atomic mass is 10.0. The number of aromatic nitrogens is 1. The lowest BCUT2D eigenvalue weighted by Crippen LogP contribution is -2.24. The molecule has 100 valence electrons. The van der Waals surface area contributed by atoms with Crippen molar-refractivity contribution in [3.63, 3.8) is 0 Å². The summed E-state index contributed by atoms with van der Waals surface area (Å²) < 4.78 is 13.0. The smallest absolute Gasteiger partial charge is 0.123 e. The van der Waals surface area contributed by atoms with Crippen molar-refractivity contribution in [2.24, 2.45) is 0 Å². The molecule has 0 aliphatic carbocycles. The van der Waals surface area contributed by atoms with Crippen LogP contribution in [-0.4, -0.2) is 4.98 Å². The van der Waals surface area contributed by atoms with E-state index in [1.54, 1.807) is 6.20 Å². The molecule has 0 fully saturated rings. The number of hydrogen-bond donors (Lipinski definition) is 1. The third-order valence-corrected chi connectivity index (χ3v) is 3.26. The summed E-state index contributed by atoms with van der Waals surface area (Å²) in [5.74, 6) is -0.198. The van der Waals surface area contributed by atoms with Gasteiger partial charge >= 0.3 is 0 Å². The first-order valence-corrected chi connectivity index (χ1v) is 6.63. The van der Waals surface area contributed by atoms with Gasteiger partial charge in [0.2, 0.25) is 0 Å². The van der Waals surface area contributed by atoms with E-state index in [4.69, 9.17) is 0 Å². The molecule has 1 aromatic heterocycles. The average molecular weight is 258 g/mol. The van der Waals surface area contributed by atoms with Crippen LogP contribution in [0.15, 0.2) is 48.7 Å². The maximum absolute atomic E-state index is 13.0. The van der Waals surface area contributed by atoms with E-state index < -0.39 is 0 Å². The van der Waals surface area contributed by atoms with E-state index >= 15 is 0 Å². The minimum atomic E-state index is -0.198. The fraction of sp³-hybridized carbons (Fsp3) is 0.312. The van der Waals surface area contributed by atoms with Crippen LogP contribution in [0.5, 0.6) is 0 Å². The fourth-order valence-corrected chi connectivity index (χ4v) is 2.16. The highest BCUT2D eigenvalue weighted by Gasteiger charge is 2.14. The number of nitrogens with zero attached hydrogens (tertiary/aromatic N) is 1. The van der Waals surface area contributed by atoms with Crippen LogP contribution in [0.2, 0.25) is 0 Å². The maximum atomic E-state index is 13.0. The topological polar surface area (TPSA) is 24.9 Å². The van der Waals surface area contributed by atoms with Crippen molar-refractivity contribution in [2.45, 2.75) is 32.4 Å². The van der Waals surface area contributed by atoms with Gasteiger partial charge in [0.1, 0.15) is 5.82 Å². The summed E-state index contributed by atoms with van der Waals surface area (Å²) in [6.07, 6.45) is 2.75. The molecule has 3 heteroatoms. The summed E-state index contributed by atoms with van der Waals surface area (Å²) in [7, 11) is 0. The van der Waals surface area contributed by atoms with Crippen LogP contribution in [0.4, 0.5) is 4.39 Å². The Morgan fingerprint density at radius 2 is 1.89 bits per heavy atom. The van der Waals surface area contributed by atoms with Gasteiger partial charge in [-0.3, -0.25) is 4.98 Å². The molecule has 0 radical (unpaired) electrons. The minimum absolute atomic E-state index is 0.163. The van der Waals surface area contributed by atoms with Gasteiger partial charge in [-0.05, 0) is 43.2 Å². The molecule has 1 N–H and O–H groups in total. The van der Waals surface area contributed by atoms with Gasteiger partial charge in [0.25, 0.3) is 0 Å². The molecule has 0 amide bonds. The Bertz CT molecular complexity index is 496. The van der Waals surface area contributed by atoms with E-state index in [2.05, 4.69) is 24.1 Å². The summed E-state index contributed by atoms with van der Waals surface area (Å²) in [6.45, 7) is 4.21. The fourth-order valence-electron chi connectivity index (χ4n) is 2.16. The Kier molecular flexibility index (Phi) is 4.63. The van der Waals surface area contributed by atoms with E-state index in [1.807, 2.05) is 30.3 Å². The Morgan fingerprint density at radius 1 is 1.16 bits per heavy atom. The molecule has 0 aliphatic rings. The van der Waals surface area contributed by atoms with Crippen LogP contribution in [0, 0.1) is 5.82 Å². The molecule has 1 heterocycles. The first kappa shape index (κ1) is 13.7. The van der Waals surface area contributed by atoms with Crippen molar-refractivity contribution in [3.05, 3.63) is 65.7 Å². The van der Waals surface area contributed by atoms with Gasteiger partial charge in [-0.2, -0.15) is 0 Å². The van der Waals surface area contributed by atoms with Gasteiger partial charge in [0, 0.05) is 18.3 Å². The van der Waals surface area contributed by atoms with Gasteiger partial charge in [0.15, 0.2) is 0 Å². The number of benzene rings is 1. The molecule has 0 aliphatic heterocycles. The molecule has 1 aromatic carbocycles. The average Bonchev–Trinajstić information content (AvgIpc) is 2.46. The quantitative estimate of drug-likeness (QED) is 0.876. The van der Waals surface area contributed by atoms with Crippen LogP contribution >= 0.6 is 0 Å². The maximum Gasteiger partial charge on any atom is 0.123 e. The molecule has 0 saturated carbocycles. The second-order valence-corrected chi connectivity index (χ2v) is 4.66. The monoisotopic (exact) mass is 258 g/mol. The summed E-state index contributed by atoms with van der Waals surface area (Å²) in [5, 5.41) is 3.53. The van der Waals surface area contributed by atoms with Gasteiger partial charge in [-0.25, -0.2) is 4.39 Å². The van der Waals surface area contributed by atoms with Gasteiger partial charge in [-0.15, -0.1) is 0 Å². The summed E-state index contributed by atoms with van der Waals surface area (Å²) in [4.78, 5) is 4.35.